The van der Waals surface area contributed by atoms with Crippen molar-refractivity contribution in [1.29, 1.82) is 0 Å². The maximum atomic E-state index is 12.5. The third-order valence-corrected chi connectivity index (χ3v) is 4.73. The molecule has 120 valence electrons. The molecule has 0 saturated carbocycles. The van der Waals surface area contributed by atoms with Crippen LogP contribution in [0.15, 0.2) is 59.5 Å². The summed E-state index contributed by atoms with van der Waals surface area (Å²) in [5.74, 6) is -0.759. The number of hydrogen-bond donors (Lipinski definition) is 1. The molecule has 0 bridgehead atoms. The molecule has 7 heteroatoms. The molecule has 1 N–H and O–H groups in total. The number of thiocarbonyl (C=S) groups is 1. The number of halogens is 1. The van der Waals surface area contributed by atoms with E-state index in [0.29, 0.717) is 15.5 Å². The van der Waals surface area contributed by atoms with Gasteiger partial charge in [-0.15, -0.1) is 0 Å². The van der Waals surface area contributed by atoms with Crippen molar-refractivity contribution in [2.45, 2.75) is 0 Å². The zero-order chi connectivity index (χ0) is 17.1. The second kappa shape index (κ2) is 7.17. The Morgan fingerprint density at radius 2 is 1.92 bits per heavy atom. The maximum absolute atomic E-state index is 12.5. The molecule has 1 saturated heterocycles. The van der Waals surface area contributed by atoms with Gasteiger partial charge in [-0.1, -0.05) is 53.7 Å². The first-order valence-electron chi connectivity index (χ1n) is 6.94. The van der Waals surface area contributed by atoms with E-state index in [4.69, 9.17) is 23.8 Å². The van der Waals surface area contributed by atoms with E-state index in [-0.39, 0.29) is 10.2 Å². The first-order valence-corrected chi connectivity index (χ1v) is 8.54. The van der Waals surface area contributed by atoms with E-state index in [9.17, 15) is 9.59 Å². The number of benzene rings is 2. The van der Waals surface area contributed by atoms with Crippen molar-refractivity contribution in [1.82, 2.24) is 10.4 Å². The van der Waals surface area contributed by atoms with Crippen molar-refractivity contribution in [2.24, 2.45) is 0 Å². The van der Waals surface area contributed by atoms with Crippen molar-refractivity contribution in [3.8, 4) is 0 Å². The zero-order valence-corrected chi connectivity index (χ0v) is 14.6. The summed E-state index contributed by atoms with van der Waals surface area (Å²) >= 11 is 12.3. The van der Waals surface area contributed by atoms with Gasteiger partial charge in [0.2, 0.25) is 0 Å². The van der Waals surface area contributed by atoms with Gasteiger partial charge in [-0.3, -0.25) is 15.0 Å². The monoisotopic (exact) mass is 374 g/mol. The smallest absolute Gasteiger partial charge is 0.267 e. The van der Waals surface area contributed by atoms with Crippen molar-refractivity contribution in [2.75, 3.05) is 0 Å². The molecule has 1 aliphatic heterocycles. The average Bonchev–Trinajstić information content (AvgIpc) is 2.83. The number of nitrogens with zero attached hydrogens (tertiary/aromatic N) is 1. The molecule has 0 radical (unpaired) electrons. The second-order valence-corrected chi connectivity index (χ2v) is 6.99. The summed E-state index contributed by atoms with van der Waals surface area (Å²) in [5, 5.41) is 1.67. The fourth-order valence-electron chi connectivity index (χ4n) is 2.07. The number of thioether (sulfide) groups is 1. The molecule has 0 atom stereocenters. The molecule has 1 fully saturated rings. The van der Waals surface area contributed by atoms with Crippen molar-refractivity contribution in [3.63, 3.8) is 0 Å². The van der Waals surface area contributed by atoms with Gasteiger partial charge in [0.05, 0.1) is 4.91 Å². The molecule has 0 unspecified atom stereocenters. The highest BCUT2D eigenvalue weighted by molar-refractivity contribution is 8.26. The minimum absolute atomic E-state index is 0.276. The Morgan fingerprint density at radius 3 is 2.62 bits per heavy atom. The molecular weight excluding hydrogens is 364 g/mol. The summed E-state index contributed by atoms with van der Waals surface area (Å²) in [6, 6.07) is 15.8. The van der Waals surface area contributed by atoms with Crippen LogP contribution in [-0.2, 0) is 4.79 Å². The largest absolute Gasteiger partial charge is 0.285 e. The molecule has 24 heavy (non-hydrogen) atoms. The lowest BCUT2D eigenvalue weighted by atomic mass is 10.2. The summed E-state index contributed by atoms with van der Waals surface area (Å²) in [6.07, 6.45) is 1.69. The molecule has 1 aliphatic rings. The lowest BCUT2D eigenvalue weighted by molar-refractivity contribution is -0.123. The van der Waals surface area contributed by atoms with Gasteiger partial charge in [-0.05, 0) is 48.1 Å². The summed E-state index contributed by atoms with van der Waals surface area (Å²) < 4.78 is 0.276. The van der Waals surface area contributed by atoms with Gasteiger partial charge in [0.1, 0.15) is 0 Å². The molecule has 4 nitrogen and oxygen atoms in total. The molecule has 0 aliphatic carbocycles. The number of carbonyl (C=O) groups is 2. The third-order valence-electron chi connectivity index (χ3n) is 3.19. The van der Waals surface area contributed by atoms with Crippen LogP contribution in [0.25, 0.3) is 6.08 Å². The van der Waals surface area contributed by atoms with Gasteiger partial charge in [0.25, 0.3) is 11.8 Å². The van der Waals surface area contributed by atoms with Gasteiger partial charge in [0.15, 0.2) is 4.32 Å². The Labute approximate surface area is 153 Å². The van der Waals surface area contributed by atoms with Crippen LogP contribution in [0.3, 0.4) is 0 Å². The van der Waals surface area contributed by atoms with Crippen LogP contribution in [0.5, 0.6) is 0 Å². The molecule has 0 spiro atoms. The van der Waals surface area contributed by atoms with Gasteiger partial charge in [-0.25, -0.2) is 0 Å². The standard InChI is InChI=1S/C17H11ClN2O2S2/c18-13-8-4-5-11(9-13)10-14-16(22)20(17(23)24-14)19-15(21)12-6-2-1-3-7-12/h1-10H,(H,19,21). The predicted octanol–water partition coefficient (Wildman–Crippen LogP) is 3.89. The van der Waals surface area contributed by atoms with Crippen LogP contribution in [-0.4, -0.2) is 21.1 Å². The number of rotatable bonds is 3. The van der Waals surface area contributed by atoms with Gasteiger partial charge < -0.3 is 0 Å². The Hall–Kier alpha value is -2.15. The topological polar surface area (TPSA) is 49.4 Å². The van der Waals surface area contributed by atoms with Crippen molar-refractivity contribution in [3.05, 3.63) is 75.7 Å². The molecule has 3 rings (SSSR count). The minimum atomic E-state index is -0.393. The van der Waals surface area contributed by atoms with E-state index in [0.717, 1.165) is 22.3 Å². The molecule has 0 aromatic heterocycles. The normalized spacial score (nSPS) is 15.9. The number of nitrogens with one attached hydrogen (secondary N) is 1. The van der Waals surface area contributed by atoms with Crippen molar-refractivity contribution < 1.29 is 9.59 Å². The summed E-state index contributed by atoms with van der Waals surface area (Å²) in [7, 11) is 0. The number of amides is 2. The lowest BCUT2D eigenvalue weighted by Gasteiger charge is -2.15. The predicted molar refractivity (Wildman–Crippen MR) is 100 cm³/mol. The molecular formula is C17H11ClN2O2S2. The Balaban J connectivity index is 1.78. The van der Waals surface area contributed by atoms with E-state index < -0.39 is 5.91 Å². The molecule has 1 heterocycles. The van der Waals surface area contributed by atoms with E-state index >= 15 is 0 Å². The summed E-state index contributed by atoms with van der Waals surface area (Å²) in [5.41, 5.74) is 3.78. The van der Waals surface area contributed by atoms with Crippen LogP contribution in [0.1, 0.15) is 15.9 Å². The van der Waals surface area contributed by atoms with E-state index in [1.54, 1.807) is 48.5 Å². The van der Waals surface area contributed by atoms with Gasteiger partial charge in [0, 0.05) is 10.6 Å². The van der Waals surface area contributed by atoms with Crippen LogP contribution in [0.4, 0.5) is 0 Å². The number of carbonyl (C=O) groups excluding carboxylic acids is 2. The van der Waals surface area contributed by atoms with E-state index in [2.05, 4.69) is 5.43 Å². The van der Waals surface area contributed by atoms with E-state index in [1.165, 1.54) is 0 Å². The lowest BCUT2D eigenvalue weighted by Crippen LogP contribution is -2.44. The highest BCUT2D eigenvalue weighted by Gasteiger charge is 2.33. The SMILES string of the molecule is O=C(NN1C(=O)C(=Cc2cccc(Cl)c2)SC1=S)c1ccccc1. The minimum Gasteiger partial charge on any atom is -0.267 e. The van der Waals surface area contributed by atoms with Crippen LogP contribution >= 0.6 is 35.6 Å². The summed E-state index contributed by atoms with van der Waals surface area (Å²) in [6.45, 7) is 0. The first kappa shape index (κ1) is 16.7. The quantitative estimate of drug-likeness (QED) is 0.654. The third kappa shape index (κ3) is 3.67. The highest BCUT2D eigenvalue weighted by Crippen LogP contribution is 2.31. The van der Waals surface area contributed by atoms with Crippen LogP contribution in [0, 0.1) is 0 Å². The average molecular weight is 375 g/mol. The molecule has 2 aromatic rings. The fraction of sp³-hybridized carbons (Fsp3) is 0. The first-order chi connectivity index (χ1) is 11.5. The van der Waals surface area contributed by atoms with Crippen LogP contribution in [0.2, 0.25) is 5.02 Å². The number of hydrogen-bond acceptors (Lipinski definition) is 4. The molecule has 2 amide bonds. The Kier molecular flexibility index (Phi) is 4.99. The van der Waals surface area contributed by atoms with Gasteiger partial charge in [-0.2, -0.15) is 5.01 Å². The Morgan fingerprint density at radius 1 is 1.17 bits per heavy atom. The highest BCUT2D eigenvalue weighted by atomic mass is 35.5. The summed E-state index contributed by atoms with van der Waals surface area (Å²) in [4.78, 5) is 25.1. The Bertz CT molecular complexity index is 853. The molecule has 2 aromatic carbocycles. The zero-order valence-electron chi connectivity index (χ0n) is 12.2. The van der Waals surface area contributed by atoms with Gasteiger partial charge >= 0.3 is 0 Å². The maximum Gasteiger partial charge on any atom is 0.285 e. The van der Waals surface area contributed by atoms with E-state index in [1.807, 2.05) is 12.1 Å². The number of hydrazine groups is 1. The second-order valence-electron chi connectivity index (χ2n) is 4.88. The van der Waals surface area contributed by atoms with Crippen LogP contribution < -0.4 is 5.43 Å². The fourth-order valence-corrected chi connectivity index (χ4v) is 3.45. The van der Waals surface area contributed by atoms with Crippen molar-refractivity contribution >= 4 is 57.8 Å².